The molecule has 2 aromatic carbocycles. The van der Waals surface area contributed by atoms with E-state index in [2.05, 4.69) is 10.2 Å². The molecule has 34 heavy (non-hydrogen) atoms. The van der Waals surface area contributed by atoms with Gasteiger partial charge in [0.05, 0.1) is 12.0 Å². The molecule has 0 radical (unpaired) electrons. The summed E-state index contributed by atoms with van der Waals surface area (Å²) < 4.78 is 10.1. The molecule has 1 atom stereocenters. The minimum atomic E-state index is -1.00. The first-order chi connectivity index (χ1) is 16.3. The molecule has 1 N–H and O–H groups in total. The quantitative estimate of drug-likeness (QED) is 0.350. The van der Waals surface area contributed by atoms with Crippen LogP contribution in [0.5, 0.6) is 5.75 Å². The Morgan fingerprint density at radius 2 is 1.76 bits per heavy atom. The van der Waals surface area contributed by atoms with Crippen LogP contribution < -0.4 is 15.0 Å². The summed E-state index contributed by atoms with van der Waals surface area (Å²) in [7, 11) is 1.28. The zero-order valence-electron chi connectivity index (χ0n) is 18.9. The van der Waals surface area contributed by atoms with Gasteiger partial charge in [-0.3, -0.25) is 24.5 Å². The number of anilines is 1. The Balaban J connectivity index is 1.46. The zero-order valence-corrected chi connectivity index (χ0v) is 18.9. The lowest BCUT2D eigenvalue weighted by atomic mass is 10.1. The van der Waals surface area contributed by atoms with Crippen LogP contribution in [-0.4, -0.2) is 73.5 Å². The van der Waals surface area contributed by atoms with Gasteiger partial charge >= 0.3 is 11.7 Å². The number of amides is 2. The third kappa shape index (κ3) is 6.00. The van der Waals surface area contributed by atoms with Crippen LogP contribution in [0.1, 0.15) is 17.3 Å². The van der Waals surface area contributed by atoms with Crippen molar-refractivity contribution in [1.82, 2.24) is 10.2 Å². The lowest BCUT2D eigenvalue weighted by Crippen LogP contribution is -2.52. The van der Waals surface area contributed by atoms with Crippen molar-refractivity contribution in [3.05, 3.63) is 64.2 Å². The van der Waals surface area contributed by atoms with Crippen LogP contribution in [0.25, 0.3) is 0 Å². The Kier molecular flexibility index (Phi) is 8.01. The molecule has 1 aliphatic rings. The first-order valence-corrected chi connectivity index (χ1v) is 10.7. The Morgan fingerprint density at radius 1 is 1.09 bits per heavy atom. The second kappa shape index (κ2) is 11.1. The molecule has 1 aliphatic heterocycles. The van der Waals surface area contributed by atoms with Gasteiger partial charge in [-0.2, -0.15) is 0 Å². The number of methoxy groups -OCH3 is 1. The number of benzene rings is 2. The molecule has 3 rings (SSSR count). The number of hydrogen-bond donors (Lipinski definition) is 1. The Bertz CT molecular complexity index is 1050. The van der Waals surface area contributed by atoms with E-state index < -0.39 is 29.4 Å². The van der Waals surface area contributed by atoms with Crippen molar-refractivity contribution in [1.29, 1.82) is 0 Å². The van der Waals surface area contributed by atoms with Crippen molar-refractivity contribution < 1.29 is 28.8 Å². The molecule has 2 aromatic rings. The summed E-state index contributed by atoms with van der Waals surface area (Å²) in [5.74, 6) is -1.78. The number of nitrogens with one attached hydrogen (secondary N) is 1. The number of carbonyl (C=O) groups is 3. The van der Waals surface area contributed by atoms with Crippen LogP contribution in [0.3, 0.4) is 0 Å². The van der Waals surface area contributed by atoms with E-state index >= 15 is 0 Å². The van der Waals surface area contributed by atoms with Gasteiger partial charge in [0.1, 0.15) is 6.54 Å². The van der Waals surface area contributed by atoms with Crippen LogP contribution in [-0.2, 0) is 14.3 Å². The predicted octanol–water partition coefficient (Wildman–Crippen LogP) is 1.61. The number of nitrogens with zero attached hydrogens (tertiary/aromatic N) is 3. The third-order valence-electron chi connectivity index (χ3n) is 5.40. The molecule has 0 spiro atoms. The second-order valence-corrected chi connectivity index (χ2v) is 7.61. The number of rotatable bonds is 8. The predicted molar refractivity (Wildman–Crippen MR) is 123 cm³/mol. The summed E-state index contributed by atoms with van der Waals surface area (Å²) in [6.45, 7) is 3.34. The first kappa shape index (κ1) is 24.5. The van der Waals surface area contributed by atoms with E-state index in [0.29, 0.717) is 26.2 Å². The lowest BCUT2D eigenvalue weighted by Gasteiger charge is -2.37. The highest BCUT2D eigenvalue weighted by molar-refractivity contribution is 5.97. The van der Waals surface area contributed by atoms with E-state index in [1.54, 1.807) is 4.90 Å². The zero-order chi connectivity index (χ0) is 24.7. The second-order valence-electron chi connectivity index (χ2n) is 7.61. The van der Waals surface area contributed by atoms with Crippen LogP contribution in [0.2, 0.25) is 0 Å². The highest BCUT2D eigenvalue weighted by Crippen LogP contribution is 2.27. The molecular weight excluding hydrogens is 444 g/mol. The average molecular weight is 470 g/mol. The van der Waals surface area contributed by atoms with Crippen molar-refractivity contribution in [3.63, 3.8) is 0 Å². The van der Waals surface area contributed by atoms with E-state index in [4.69, 9.17) is 9.47 Å². The summed E-state index contributed by atoms with van der Waals surface area (Å²) in [6.07, 6.45) is -1.00. The maximum atomic E-state index is 12.7. The smallest absolute Gasteiger partial charge is 0.326 e. The topological polar surface area (TPSA) is 131 Å². The average Bonchev–Trinajstić information content (AvgIpc) is 2.86. The molecule has 0 bridgehead atoms. The molecular formula is C23H26N4O7. The molecule has 0 aromatic heterocycles. The normalized spacial score (nSPS) is 14.2. The van der Waals surface area contributed by atoms with Crippen molar-refractivity contribution in [2.75, 3.05) is 44.7 Å². The maximum absolute atomic E-state index is 12.7. The van der Waals surface area contributed by atoms with Gasteiger partial charge in [0, 0.05) is 43.5 Å². The molecule has 0 unspecified atom stereocenters. The number of esters is 1. The van der Waals surface area contributed by atoms with Gasteiger partial charge < -0.3 is 24.6 Å². The summed E-state index contributed by atoms with van der Waals surface area (Å²) >= 11 is 0. The van der Waals surface area contributed by atoms with E-state index in [-0.39, 0.29) is 22.9 Å². The highest BCUT2D eigenvalue weighted by atomic mass is 16.6. The number of para-hydroxylation sites is 1. The standard InChI is InChI=1S/C23H26N4O7/c1-16(23(30)26-12-10-25(11-13-26)18-6-4-3-5-7-18)34-21(28)15-24-22(29)17-8-9-20(33-2)19(14-17)27(31)32/h3-9,14,16H,10-13,15H2,1-2H3,(H,24,29)/t16-/m0/s1. The largest absolute Gasteiger partial charge is 0.490 e. The molecule has 1 fully saturated rings. The molecule has 11 heteroatoms. The molecule has 11 nitrogen and oxygen atoms in total. The fraction of sp³-hybridized carbons (Fsp3) is 0.348. The number of carbonyl (C=O) groups excluding carboxylic acids is 3. The number of piperazine rings is 1. The summed E-state index contributed by atoms with van der Waals surface area (Å²) in [6, 6.07) is 13.6. The molecule has 2 amide bonds. The number of hydrogen-bond acceptors (Lipinski definition) is 8. The van der Waals surface area contributed by atoms with Gasteiger partial charge in [-0.25, -0.2) is 0 Å². The number of nitro benzene ring substituents is 1. The van der Waals surface area contributed by atoms with E-state index in [9.17, 15) is 24.5 Å². The molecule has 180 valence electrons. The van der Waals surface area contributed by atoms with Crippen molar-refractivity contribution in [3.8, 4) is 5.75 Å². The van der Waals surface area contributed by atoms with Gasteiger partial charge in [-0.05, 0) is 31.2 Å². The molecule has 0 saturated carbocycles. The van der Waals surface area contributed by atoms with Gasteiger partial charge in [0.2, 0.25) is 0 Å². The van der Waals surface area contributed by atoms with Gasteiger partial charge in [-0.1, -0.05) is 18.2 Å². The van der Waals surface area contributed by atoms with Gasteiger partial charge in [-0.15, -0.1) is 0 Å². The number of nitro groups is 1. The van der Waals surface area contributed by atoms with Crippen LogP contribution in [0, 0.1) is 10.1 Å². The molecule has 1 heterocycles. The lowest BCUT2D eigenvalue weighted by molar-refractivity contribution is -0.385. The van der Waals surface area contributed by atoms with E-state index in [1.807, 2.05) is 30.3 Å². The van der Waals surface area contributed by atoms with Crippen LogP contribution in [0.4, 0.5) is 11.4 Å². The Labute approximate surface area is 196 Å². The van der Waals surface area contributed by atoms with Crippen LogP contribution in [0.15, 0.2) is 48.5 Å². The SMILES string of the molecule is COc1ccc(C(=O)NCC(=O)O[C@@H](C)C(=O)N2CCN(c3ccccc3)CC2)cc1[N+](=O)[O-]. The maximum Gasteiger partial charge on any atom is 0.326 e. The minimum absolute atomic E-state index is 0.0119. The van der Waals surface area contributed by atoms with Gasteiger partial charge in [0.15, 0.2) is 11.9 Å². The minimum Gasteiger partial charge on any atom is -0.490 e. The van der Waals surface area contributed by atoms with Gasteiger partial charge in [0.25, 0.3) is 11.8 Å². The van der Waals surface area contributed by atoms with Crippen molar-refractivity contribution >= 4 is 29.2 Å². The van der Waals surface area contributed by atoms with E-state index in [0.717, 1.165) is 11.8 Å². The molecule has 1 saturated heterocycles. The van der Waals surface area contributed by atoms with Crippen molar-refractivity contribution in [2.24, 2.45) is 0 Å². The summed E-state index contributed by atoms with van der Waals surface area (Å²) in [4.78, 5) is 51.4. The summed E-state index contributed by atoms with van der Waals surface area (Å²) in [5.41, 5.74) is 0.706. The third-order valence-corrected chi connectivity index (χ3v) is 5.40. The Hall–Kier alpha value is -4.15. The van der Waals surface area contributed by atoms with Crippen LogP contribution >= 0.6 is 0 Å². The summed E-state index contributed by atoms with van der Waals surface area (Å²) in [5, 5.41) is 13.5. The number of ether oxygens (including phenoxy) is 2. The van der Waals surface area contributed by atoms with E-state index in [1.165, 1.54) is 26.2 Å². The Morgan fingerprint density at radius 3 is 2.38 bits per heavy atom. The monoisotopic (exact) mass is 470 g/mol. The first-order valence-electron chi connectivity index (χ1n) is 10.7. The van der Waals surface area contributed by atoms with Crippen molar-refractivity contribution in [2.45, 2.75) is 13.0 Å². The fourth-order valence-electron chi connectivity index (χ4n) is 3.60. The highest BCUT2D eigenvalue weighted by Gasteiger charge is 2.27. The fourth-order valence-corrected chi connectivity index (χ4v) is 3.60. The molecule has 0 aliphatic carbocycles.